The number of carbonyl (C=O) groups excluding carboxylic acids is 2. The molecule has 160 valence electrons. The molecule has 2 aromatic heterocycles. The number of carbonyl (C=O) groups is 2. The van der Waals surface area contributed by atoms with Crippen LogP contribution in [0.25, 0.3) is 16.2 Å². The predicted molar refractivity (Wildman–Crippen MR) is 126 cm³/mol. The maximum atomic E-state index is 12.7. The number of thiophene rings is 1. The monoisotopic (exact) mass is 434 g/mol. The van der Waals surface area contributed by atoms with Crippen LogP contribution in [0.2, 0.25) is 0 Å². The van der Waals surface area contributed by atoms with Crippen LogP contribution in [0.1, 0.15) is 28.0 Å². The summed E-state index contributed by atoms with van der Waals surface area (Å²) in [6, 6.07) is 10.3. The van der Waals surface area contributed by atoms with E-state index in [1.54, 1.807) is 46.5 Å². The van der Waals surface area contributed by atoms with E-state index in [0.29, 0.717) is 26.1 Å². The largest absolute Gasteiger partial charge is 0.369 e. The lowest BCUT2D eigenvalue weighted by atomic mass is 10.1. The van der Waals surface area contributed by atoms with Gasteiger partial charge in [0.2, 0.25) is 11.8 Å². The van der Waals surface area contributed by atoms with Gasteiger partial charge in [-0.15, -0.1) is 11.3 Å². The van der Waals surface area contributed by atoms with Crippen LogP contribution in [0, 0.1) is 6.92 Å². The van der Waals surface area contributed by atoms with Crippen LogP contribution in [0.15, 0.2) is 42.6 Å². The van der Waals surface area contributed by atoms with Gasteiger partial charge in [-0.05, 0) is 41.6 Å². The number of fused-ring (bicyclic) bond motifs is 2. The standard InChI is InChI=1S/C24H26N4O2S/c1-16-19-6-4-5-7-20(19)31-21(16)15-28(3)22(29)9-8-17-12-18-14-27(2)23(30)10-11-25-24(18)26-13-17/h4-9,12-13H,10-11,14-15H2,1-3H3,(H,25,26)/b9-8+. The summed E-state index contributed by atoms with van der Waals surface area (Å²) in [6.45, 7) is 3.75. The molecule has 0 bridgehead atoms. The van der Waals surface area contributed by atoms with Crippen LogP contribution in [0.5, 0.6) is 0 Å². The third kappa shape index (κ3) is 4.61. The zero-order valence-electron chi connectivity index (χ0n) is 18.0. The molecule has 0 fully saturated rings. The number of benzene rings is 1. The van der Waals surface area contributed by atoms with Crippen molar-refractivity contribution in [1.29, 1.82) is 0 Å². The molecule has 0 saturated carbocycles. The van der Waals surface area contributed by atoms with Gasteiger partial charge in [-0.2, -0.15) is 0 Å². The minimum Gasteiger partial charge on any atom is -0.369 e. The molecule has 0 atom stereocenters. The van der Waals surface area contributed by atoms with Crippen LogP contribution in [-0.2, 0) is 22.7 Å². The Morgan fingerprint density at radius 1 is 1.35 bits per heavy atom. The molecule has 0 saturated heterocycles. The van der Waals surface area contributed by atoms with Crippen molar-refractivity contribution < 1.29 is 9.59 Å². The zero-order valence-corrected chi connectivity index (χ0v) is 18.8. The Labute approximate surface area is 186 Å². The van der Waals surface area contributed by atoms with E-state index >= 15 is 0 Å². The van der Waals surface area contributed by atoms with Crippen LogP contribution in [0.3, 0.4) is 0 Å². The summed E-state index contributed by atoms with van der Waals surface area (Å²) in [5.41, 5.74) is 3.02. The second-order valence-corrected chi connectivity index (χ2v) is 9.01. The first kappa shape index (κ1) is 21.1. The van der Waals surface area contributed by atoms with E-state index in [1.807, 2.05) is 25.2 Å². The van der Waals surface area contributed by atoms with Gasteiger partial charge in [0.1, 0.15) is 5.82 Å². The van der Waals surface area contributed by atoms with Crippen molar-refractivity contribution in [1.82, 2.24) is 14.8 Å². The first-order valence-corrected chi connectivity index (χ1v) is 11.1. The fraction of sp³-hybridized carbons (Fsp3) is 0.292. The normalized spacial score (nSPS) is 14.3. The van der Waals surface area contributed by atoms with Crippen molar-refractivity contribution in [3.8, 4) is 0 Å². The summed E-state index contributed by atoms with van der Waals surface area (Å²) >= 11 is 1.74. The quantitative estimate of drug-likeness (QED) is 0.629. The molecule has 1 N–H and O–H groups in total. The van der Waals surface area contributed by atoms with Gasteiger partial charge in [0.15, 0.2) is 0 Å². The molecule has 0 unspecified atom stereocenters. The Hall–Kier alpha value is -3.19. The van der Waals surface area contributed by atoms with Crippen LogP contribution in [-0.4, -0.2) is 47.2 Å². The molecule has 3 aromatic rings. The number of aryl methyl sites for hydroxylation is 1. The van der Waals surface area contributed by atoms with Crippen molar-refractivity contribution in [3.05, 3.63) is 64.2 Å². The molecular weight excluding hydrogens is 408 g/mol. The van der Waals surface area contributed by atoms with Crippen molar-refractivity contribution in [2.75, 3.05) is 26.0 Å². The Morgan fingerprint density at radius 3 is 2.97 bits per heavy atom. The predicted octanol–water partition coefficient (Wildman–Crippen LogP) is 4.05. The minimum atomic E-state index is -0.0611. The van der Waals surface area contributed by atoms with Crippen molar-refractivity contribution >= 4 is 45.1 Å². The van der Waals surface area contributed by atoms with E-state index in [2.05, 4.69) is 29.4 Å². The molecule has 2 amide bonds. The van der Waals surface area contributed by atoms with Crippen molar-refractivity contribution in [2.24, 2.45) is 0 Å². The maximum absolute atomic E-state index is 12.7. The number of amides is 2. The smallest absolute Gasteiger partial charge is 0.246 e. The first-order valence-electron chi connectivity index (χ1n) is 10.3. The molecule has 0 aliphatic carbocycles. The van der Waals surface area contributed by atoms with Crippen molar-refractivity contribution in [2.45, 2.75) is 26.4 Å². The van der Waals surface area contributed by atoms with Crippen LogP contribution < -0.4 is 5.32 Å². The maximum Gasteiger partial charge on any atom is 0.246 e. The zero-order chi connectivity index (χ0) is 22.0. The molecule has 3 heterocycles. The molecule has 6 nitrogen and oxygen atoms in total. The molecule has 1 aliphatic heterocycles. The lowest BCUT2D eigenvalue weighted by molar-refractivity contribution is -0.130. The van der Waals surface area contributed by atoms with E-state index in [0.717, 1.165) is 16.9 Å². The second kappa shape index (κ2) is 8.89. The van der Waals surface area contributed by atoms with Gasteiger partial charge in [0.05, 0.1) is 6.54 Å². The number of hydrogen-bond acceptors (Lipinski definition) is 5. The van der Waals surface area contributed by atoms with Crippen LogP contribution >= 0.6 is 11.3 Å². The molecule has 1 aromatic carbocycles. The summed E-state index contributed by atoms with van der Waals surface area (Å²) in [4.78, 5) is 33.8. The SMILES string of the molecule is Cc1c(CN(C)C(=O)/C=C/c2cnc3c(c2)CN(C)C(=O)CCN3)sc2ccccc12. The fourth-order valence-electron chi connectivity index (χ4n) is 3.69. The Morgan fingerprint density at radius 2 is 2.16 bits per heavy atom. The number of hydrogen-bond donors (Lipinski definition) is 1. The molecule has 0 radical (unpaired) electrons. The lowest BCUT2D eigenvalue weighted by Gasteiger charge is -2.23. The van der Waals surface area contributed by atoms with E-state index < -0.39 is 0 Å². The summed E-state index contributed by atoms with van der Waals surface area (Å²) in [5.74, 6) is 0.835. The van der Waals surface area contributed by atoms with E-state index in [4.69, 9.17) is 0 Å². The molecule has 0 spiro atoms. The number of rotatable bonds is 4. The number of nitrogens with one attached hydrogen (secondary N) is 1. The molecule has 4 rings (SSSR count). The van der Waals surface area contributed by atoms with Gasteiger partial charge in [0, 0.05) is 61.0 Å². The number of nitrogens with zero attached hydrogens (tertiary/aromatic N) is 3. The average Bonchev–Trinajstić information content (AvgIpc) is 3.07. The molecule has 31 heavy (non-hydrogen) atoms. The van der Waals surface area contributed by atoms with Gasteiger partial charge < -0.3 is 15.1 Å². The number of aromatic nitrogens is 1. The lowest BCUT2D eigenvalue weighted by Crippen LogP contribution is -2.30. The highest BCUT2D eigenvalue weighted by molar-refractivity contribution is 7.19. The minimum absolute atomic E-state index is 0.0611. The number of pyridine rings is 1. The van der Waals surface area contributed by atoms with Gasteiger partial charge >= 0.3 is 0 Å². The Kier molecular flexibility index (Phi) is 6.04. The molecule has 7 heteroatoms. The fourth-order valence-corrected chi connectivity index (χ4v) is 4.95. The van der Waals surface area contributed by atoms with Gasteiger partial charge in [-0.25, -0.2) is 4.98 Å². The summed E-state index contributed by atoms with van der Waals surface area (Å²) < 4.78 is 1.25. The van der Waals surface area contributed by atoms with E-state index in [9.17, 15) is 9.59 Å². The van der Waals surface area contributed by atoms with E-state index in [1.165, 1.54) is 20.5 Å². The molecule has 1 aliphatic rings. The topological polar surface area (TPSA) is 65.5 Å². The van der Waals surface area contributed by atoms with Gasteiger partial charge in [0.25, 0.3) is 0 Å². The first-order chi connectivity index (χ1) is 14.9. The summed E-state index contributed by atoms with van der Waals surface area (Å²) in [6.07, 6.45) is 5.57. The third-order valence-electron chi connectivity index (χ3n) is 5.57. The van der Waals surface area contributed by atoms with Gasteiger partial charge in [-0.3, -0.25) is 9.59 Å². The van der Waals surface area contributed by atoms with Gasteiger partial charge in [-0.1, -0.05) is 18.2 Å². The highest BCUT2D eigenvalue weighted by Crippen LogP contribution is 2.31. The molecular formula is C24H26N4O2S. The average molecular weight is 435 g/mol. The van der Waals surface area contributed by atoms with Crippen LogP contribution in [0.4, 0.5) is 5.82 Å². The highest BCUT2D eigenvalue weighted by atomic mass is 32.1. The summed E-state index contributed by atoms with van der Waals surface area (Å²) in [5, 5.41) is 4.47. The van der Waals surface area contributed by atoms with E-state index in [-0.39, 0.29) is 11.8 Å². The van der Waals surface area contributed by atoms with Crippen molar-refractivity contribution in [3.63, 3.8) is 0 Å². The Balaban J connectivity index is 1.46. The third-order valence-corrected chi connectivity index (χ3v) is 6.83. The summed E-state index contributed by atoms with van der Waals surface area (Å²) in [7, 11) is 3.62. The Bertz CT molecular complexity index is 1170. The second-order valence-electron chi connectivity index (χ2n) is 7.88. The number of anilines is 1. The highest BCUT2D eigenvalue weighted by Gasteiger charge is 2.16. The number of likely N-dealkylation sites (N-methyl/N-ethyl adjacent to an activating group) is 1.